The van der Waals surface area contributed by atoms with Crippen LogP contribution in [0.5, 0.6) is 0 Å². The molecule has 1 N–H and O–H groups in total. The Morgan fingerprint density at radius 2 is 2.40 bits per heavy atom. The van der Waals surface area contributed by atoms with E-state index >= 15 is 0 Å². The summed E-state index contributed by atoms with van der Waals surface area (Å²) in [5.41, 5.74) is 0. The highest BCUT2D eigenvalue weighted by molar-refractivity contribution is 8.00. The number of hydrogen-bond acceptors (Lipinski definition) is 3. The van der Waals surface area contributed by atoms with Crippen LogP contribution in [0.15, 0.2) is 0 Å². The third kappa shape index (κ3) is 2.72. The smallest absolute Gasteiger partial charge is 0.0251 e. The van der Waals surface area contributed by atoms with Gasteiger partial charge >= 0.3 is 0 Å². The van der Waals surface area contributed by atoms with Crippen LogP contribution >= 0.6 is 23.5 Å². The van der Waals surface area contributed by atoms with Gasteiger partial charge in [-0.25, -0.2) is 0 Å². The first-order valence-electron chi connectivity index (χ1n) is 3.65. The molecule has 1 saturated heterocycles. The summed E-state index contributed by atoms with van der Waals surface area (Å²) in [5.74, 6) is 3.87. The molecule has 1 rings (SSSR count). The van der Waals surface area contributed by atoms with Crippen LogP contribution in [-0.2, 0) is 0 Å². The predicted octanol–water partition coefficient (Wildman–Crippen LogP) is 1.44. The summed E-state index contributed by atoms with van der Waals surface area (Å²) in [4.78, 5) is 0. The zero-order chi connectivity index (χ0) is 7.40. The van der Waals surface area contributed by atoms with Gasteiger partial charge in [-0.05, 0) is 13.2 Å². The van der Waals surface area contributed by atoms with E-state index in [0.717, 1.165) is 6.04 Å². The second kappa shape index (κ2) is 4.52. The van der Waals surface area contributed by atoms with E-state index in [-0.39, 0.29) is 0 Å². The molecule has 0 amide bonds. The Labute approximate surface area is 71.7 Å². The Hall–Kier alpha value is 0.660. The molecular formula is C7H15NS2. The maximum atomic E-state index is 3.58. The number of hydrogen-bond donors (Lipinski definition) is 1. The van der Waals surface area contributed by atoms with Crippen molar-refractivity contribution >= 4 is 23.5 Å². The second-order valence-electron chi connectivity index (χ2n) is 2.76. The number of thioether (sulfide) groups is 2. The van der Waals surface area contributed by atoms with Crippen LogP contribution in [-0.4, -0.2) is 35.6 Å². The van der Waals surface area contributed by atoms with Gasteiger partial charge in [-0.2, -0.15) is 23.5 Å². The fraction of sp³-hybridized carbons (Fsp3) is 1.00. The van der Waals surface area contributed by atoms with E-state index in [1.54, 1.807) is 0 Å². The Bertz CT molecular complexity index is 93.6. The van der Waals surface area contributed by atoms with E-state index in [1.807, 2.05) is 23.5 Å². The van der Waals surface area contributed by atoms with Gasteiger partial charge in [0, 0.05) is 29.3 Å². The lowest BCUT2D eigenvalue weighted by Gasteiger charge is -2.29. The summed E-state index contributed by atoms with van der Waals surface area (Å²) in [6.07, 6.45) is 2.16. The Kier molecular flexibility index (Phi) is 3.96. The topological polar surface area (TPSA) is 12.0 Å². The van der Waals surface area contributed by atoms with Crippen molar-refractivity contribution in [3.05, 3.63) is 0 Å². The molecule has 1 fully saturated rings. The third-order valence-electron chi connectivity index (χ3n) is 1.57. The summed E-state index contributed by atoms with van der Waals surface area (Å²) in [6, 6.07) is 1.51. The maximum absolute atomic E-state index is 3.58. The van der Waals surface area contributed by atoms with Gasteiger partial charge in [-0.1, -0.05) is 0 Å². The highest BCUT2D eigenvalue weighted by Crippen LogP contribution is 2.17. The molecule has 0 spiro atoms. The first-order valence-corrected chi connectivity index (χ1v) is 6.20. The first kappa shape index (κ1) is 8.75. The fourth-order valence-electron chi connectivity index (χ4n) is 1.03. The van der Waals surface area contributed by atoms with E-state index < -0.39 is 0 Å². The minimum Gasteiger partial charge on any atom is -0.309 e. The zero-order valence-electron chi connectivity index (χ0n) is 6.59. The van der Waals surface area contributed by atoms with Gasteiger partial charge in [0.1, 0.15) is 0 Å². The largest absolute Gasteiger partial charge is 0.309 e. The Morgan fingerprint density at radius 3 is 2.80 bits per heavy atom. The Morgan fingerprint density at radius 1 is 1.70 bits per heavy atom. The zero-order valence-corrected chi connectivity index (χ0v) is 8.23. The van der Waals surface area contributed by atoms with Crippen LogP contribution in [0, 0.1) is 0 Å². The molecular weight excluding hydrogens is 162 g/mol. The van der Waals surface area contributed by atoms with Gasteiger partial charge in [0.2, 0.25) is 0 Å². The van der Waals surface area contributed by atoms with E-state index in [9.17, 15) is 0 Å². The summed E-state index contributed by atoms with van der Waals surface area (Å²) in [5, 5.41) is 3.58. The van der Waals surface area contributed by atoms with Gasteiger partial charge in [0.15, 0.2) is 0 Å². The summed E-state index contributed by atoms with van der Waals surface area (Å²) < 4.78 is 0. The molecule has 0 aliphatic carbocycles. The fourth-order valence-corrected chi connectivity index (χ4v) is 2.29. The minimum absolute atomic E-state index is 0.695. The molecule has 1 nitrogen and oxygen atoms in total. The van der Waals surface area contributed by atoms with E-state index in [0.29, 0.717) is 6.04 Å². The van der Waals surface area contributed by atoms with Crippen LogP contribution in [0.3, 0.4) is 0 Å². The Balaban J connectivity index is 1.99. The molecule has 0 aromatic rings. The van der Waals surface area contributed by atoms with Gasteiger partial charge in [0.05, 0.1) is 0 Å². The molecule has 1 unspecified atom stereocenters. The average molecular weight is 177 g/mol. The molecule has 1 aliphatic heterocycles. The average Bonchev–Trinajstić information content (AvgIpc) is 1.80. The predicted molar refractivity (Wildman–Crippen MR) is 52.1 cm³/mol. The SMILES string of the molecule is CSCC(C)NC1CSC1. The summed E-state index contributed by atoms with van der Waals surface area (Å²) in [6.45, 7) is 2.26. The molecule has 60 valence electrons. The van der Waals surface area contributed by atoms with Crippen molar-refractivity contribution in [2.75, 3.05) is 23.5 Å². The number of nitrogens with one attached hydrogen (secondary N) is 1. The van der Waals surface area contributed by atoms with Crippen molar-refractivity contribution in [1.82, 2.24) is 5.32 Å². The van der Waals surface area contributed by atoms with Crippen molar-refractivity contribution < 1.29 is 0 Å². The molecule has 0 radical (unpaired) electrons. The lowest BCUT2D eigenvalue weighted by molar-refractivity contribution is 0.519. The molecule has 0 aromatic carbocycles. The summed E-state index contributed by atoms with van der Waals surface area (Å²) in [7, 11) is 0. The van der Waals surface area contributed by atoms with Crippen molar-refractivity contribution in [3.8, 4) is 0 Å². The summed E-state index contributed by atoms with van der Waals surface area (Å²) >= 11 is 3.95. The normalized spacial score (nSPS) is 22.2. The molecule has 1 heterocycles. The van der Waals surface area contributed by atoms with Crippen LogP contribution in [0.4, 0.5) is 0 Å². The van der Waals surface area contributed by atoms with Gasteiger partial charge in [-0.3, -0.25) is 0 Å². The quantitative estimate of drug-likeness (QED) is 0.698. The molecule has 0 aromatic heterocycles. The highest BCUT2D eigenvalue weighted by atomic mass is 32.2. The van der Waals surface area contributed by atoms with Crippen LogP contribution in [0.1, 0.15) is 6.92 Å². The van der Waals surface area contributed by atoms with Gasteiger partial charge in [0.25, 0.3) is 0 Å². The van der Waals surface area contributed by atoms with Gasteiger partial charge in [-0.15, -0.1) is 0 Å². The maximum Gasteiger partial charge on any atom is 0.0251 e. The molecule has 1 aliphatic rings. The van der Waals surface area contributed by atoms with Crippen molar-refractivity contribution in [2.45, 2.75) is 19.0 Å². The van der Waals surface area contributed by atoms with E-state index in [4.69, 9.17) is 0 Å². The lowest BCUT2D eigenvalue weighted by Crippen LogP contribution is -2.45. The van der Waals surface area contributed by atoms with E-state index in [2.05, 4.69) is 18.5 Å². The monoisotopic (exact) mass is 177 g/mol. The molecule has 3 heteroatoms. The molecule has 1 atom stereocenters. The van der Waals surface area contributed by atoms with E-state index in [1.165, 1.54) is 17.3 Å². The van der Waals surface area contributed by atoms with Crippen molar-refractivity contribution in [2.24, 2.45) is 0 Å². The highest BCUT2D eigenvalue weighted by Gasteiger charge is 2.18. The number of rotatable bonds is 4. The van der Waals surface area contributed by atoms with Crippen LogP contribution < -0.4 is 5.32 Å². The minimum atomic E-state index is 0.695. The van der Waals surface area contributed by atoms with Crippen LogP contribution in [0.25, 0.3) is 0 Å². The lowest BCUT2D eigenvalue weighted by atomic mass is 10.3. The standard InChI is InChI=1S/C7H15NS2/c1-6(3-9-2)8-7-4-10-5-7/h6-8H,3-5H2,1-2H3. The molecule has 0 saturated carbocycles. The van der Waals surface area contributed by atoms with Crippen LogP contribution in [0.2, 0.25) is 0 Å². The molecule has 0 bridgehead atoms. The van der Waals surface area contributed by atoms with Crippen molar-refractivity contribution in [3.63, 3.8) is 0 Å². The van der Waals surface area contributed by atoms with Gasteiger partial charge < -0.3 is 5.32 Å². The first-order chi connectivity index (χ1) is 4.83. The second-order valence-corrected chi connectivity index (χ2v) is 4.74. The van der Waals surface area contributed by atoms with Crippen molar-refractivity contribution in [1.29, 1.82) is 0 Å². The third-order valence-corrected chi connectivity index (χ3v) is 3.68. The molecule has 10 heavy (non-hydrogen) atoms.